The van der Waals surface area contributed by atoms with E-state index < -0.39 is 0 Å². The zero-order chi connectivity index (χ0) is 11.1. The summed E-state index contributed by atoms with van der Waals surface area (Å²) in [6, 6.07) is 14.9. The summed E-state index contributed by atoms with van der Waals surface area (Å²) in [6.45, 7) is 0. The molecule has 0 fully saturated rings. The van der Waals surface area contributed by atoms with E-state index in [2.05, 4.69) is 42.3 Å². The quantitative estimate of drug-likeness (QED) is 0.624. The summed E-state index contributed by atoms with van der Waals surface area (Å²) in [4.78, 5) is 2.17. The molecule has 1 heterocycles. The Morgan fingerprint density at radius 2 is 1.67 bits per heavy atom. The molecular weight excluding hydrogens is 182 g/mol. The summed E-state index contributed by atoms with van der Waals surface area (Å²) in [5.41, 5.74) is 4.84. The number of nitrogens with zero attached hydrogens (tertiary/aromatic N) is 1. The van der Waals surface area contributed by atoms with Crippen LogP contribution in [0.2, 0.25) is 0 Å². The molecular formula is C14H13N. The topological polar surface area (TPSA) is 3.24 Å². The van der Waals surface area contributed by atoms with Crippen molar-refractivity contribution in [2.24, 2.45) is 0 Å². The van der Waals surface area contributed by atoms with Gasteiger partial charge >= 0.3 is 0 Å². The van der Waals surface area contributed by atoms with Crippen molar-refractivity contribution in [1.29, 1.82) is 0 Å². The molecule has 3 rings (SSSR count). The number of para-hydroxylation sites is 2. The monoisotopic (exact) mass is 196 g/mol. The van der Waals surface area contributed by atoms with Crippen LogP contribution in [0.3, 0.4) is 0 Å². The summed E-state index contributed by atoms with van der Waals surface area (Å²) in [5, 5.41) is 0. The maximum atomic E-state index is 7.95. The van der Waals surface area contributed by atoms with Crippen molar-refractivity contribution >= 4 is 11.4 Å². The summed E-state index contributed by atoms with van der Waals surface area (Å²) in [5.74, 6) is 0. The molecule has 74 valence electrons. The summed E-state index contributed by atoms with van der Waals surface area (Å²) in [6.07, 6.45) is 0.871. The van der Waals surface area contributed by atoms with E-state index in [-0.39, 0.29) is 0 Å². The standard InChI is InChI=1S/C14H13N/c1-15-13-8-4-2-6-11(13)10-12-7-3-5-9-14(12)15/h2-9H,10H2,1H3/i6D. The van der Waals surface area contributed by atoms with Crippen LogP contribution in [0.15, 0.2) is 48.5 Å². The van der Waals surface area contributed by atoms with E-state index in [1.165, 1.54) is 11.3 Å². The number of hydrogen-bond donors (Lipinski definition) is 0. The second-order valence-corrected chi connectivity index (χ2v) is 3.90. The van der Waals surface area contributed by atoms with E-state index in [1.807, 2.05) is 12.1 Å². The van der Waals surface area contributed by atoms with Crippen LogP contribution in [0, 0.1) is 0 Å². The minimum atomic E-state index is 0.638. The minimum absolute atomic E-state index is 0.638. The van der Waals surface area contributed by atoms with Crippen LogP contribution in [0.5, 0.6) is 0 Å². The van der Waals surface area contributed by atoms with Gasteiger partial charge in [-0.15, -0.1) is 0 Å². The van der Waals surface area contributed by atoms with E-state index >= 15 is 0 Å². The van der Waals surface area contributed by atoms with Crippen LogP contribution in [0.25, 0.3) is 0 Å². The molecule has 0 N–H and O–H groups in total. The Labute approximate surface area is 91.4 Å². The molecule has 0 saturated heterocycles. The first kappa shape index (κ1) is 7.52. The molecule has 0 aliphatic carbocycles. The minimum Gasteiger partial charge on any atom is -0.344 e. The van der Waals surface area contributed by atoms with Gasteiger partial charge in [0.05, 0.1) is 1.37 Å². The van der Waals surface area contributed by atoms with E-state index in [0.717, 1.165) is 17.7 Å². The molecule has 0 unspecified atom stereocenters. The maximum absolute atomic E-state index is 7.95. The Hall–Kier alpha value is -1.76. The first-order valence-electron chi connectivity index (χ1n) is 5.67. The van der Waals surface area contributed by atoms with Crippen LogP contribution in [-0.2, 0) is 6.42 Å². The highest BCUT2D eigenvalue weighted by Crippen LogP contribution is 2.36. The lowest BCUT2D eigenvalue weighted by atomic mass is 9.96. The smallest absolute Gasteiger partial charge is 0.0626 e. The van der Waals surface area contributed by atoms with Crippen LogP contribution < -0.4 is 4.90 Å². The van der Waals surface area contributed by atoms with E-state index in [4.69, 9.17) is 1.37 Å². The highest BCUT2D eigenvalue weighted by molar-refractivity contribution is 5.73. The maximum Gasteiger partial charge on any atom is 0.0626 e. The van der Waals surface area contributed by atoms with Crippen LogP contribution in [0.4, 0.5) is 11.4 Å². The van der Waals surface area contributed by atoms with E-state index in [1.54, 1.807) is 0 Å². The molecule has 1 aliphatic heterocycles. The fraction of sp³-hybridized carbons (Fsp3) is 0.143. The van der Waals surface area contributed by atoms with E-state index in [0.29, 0.717) is 6.04 Å². The molecule has 2 aromatic carbocycles. The molecule has 0 saturated carbocycles. The van der Waals surface area contributed by atoms with Crippen molar-refractivity contribution in [1.82, 2.24) is 0 Å². The number of anilines is 2. The first-order chi connectivity index (χ1) is 7.77. The predicted octanol–water partition coefficient (Wildman–Crippen LogP) is 3.36. The third-order valence-electron chi connectivity index (χ3n) is 3.00. The molecule has 0 spiro atoms. The highest BCUT2D eigenvalue weighted by atomic mass is 15.1. The number of hydrogen-bond acceptors (Lipinski definition) is 1. The average Bonchev–Trinajstić information content (AvgIpc) is 2.31. The van der Waals surface area contributed by atoms with Gasteiger partial charge in [-0.2, -0.15) is 0 Å². The molecule has 0 atom stereocenters. The Kier molecular flexibility index (Phi) is 1.57. The van der Waals surface area contributed by atoms with Crippen LogP contribution in [-0.4, -0.2) is 7.05 Å². The van der Waals surface area contributed by atoms with Gasteiger partial charge in [-0.1, -0.05) is 36.4 Å². The predicted molar refractivity (Wildman–Crippen MR) is 63.8 cm³/mol. The van der Waals surface area contributed by atoms with Crippen molar-refractivity contribution in [3.05, 3.63) is 59.6 Å². The normalized spacial score (nSPS) is 14.2. The van der Waals surface area contributed by atoms with Crippen molar-refractivity contribution in [2.45, 2.75) is 6.42 Å². The van der Waals surface area contributed by atoms with Crippen molar-refractivity contribution in [2.75, 3.05) is 11.9 Å². The van der Waals surface area contributed by atoms with Gasteiger partial charge in [0, 0.05) is 24.8 Å². The first-order valence-corrected chi connectivity index (χ1v) is 5.17. The number of benzene rings is 2. The van der Waals surface area contributed by atoms with Gasteiger partial charge in [-0.3, -0.25) is 0 Å². The molecule has 2 aromatic rings. The molecule has 0 aromatic heterocycles. The average molecular weight is 196 g/mol. The van der Waals surface area contributed by atoms with Gasteiger partial charge in [0.15, 0.2) is 0 Å². The molecule has 1 heteroatoms. The van der Waals surface area contributed by atoms with Gasteiger partial charge in [-0.25, -0.2) is 0 Å². The highest BCUT2D eigenvalue weighted by Gasteiger charge is 2.17. The van der Waals surface area contributed by atoms with Gasteiger partial charge in [0.2, 0.25) is 0 Å². The fourth-order valence-corrected chi connectivity index (χ4v) is 2.23. The third-order valence-corrected chi connectivity index (χ3v) is 3.00. The molecule has 15 heavy (non-hydrogen) atoms. The Bertz CT molecular complexity index is 548. The molecule has 1 aliphatic rings. The second kappa shape index (κ2) is 3.13. The molecule has 0 radical (unpaired) electrons. The largest absolute Gasteiger partial charge is 0.344 e. The number of fused-ring (bicyclic) bond motifs is 2. The lowest BCUT2D eigenvalue weighted by molar-refractivity contribution is 1.06. The lowest BCUT2D eigenvalue weighted by Gasteiger charge is -2.29. The molecule has 1 nitrogen and oxygen atoms in total. The number of rotatable bonds is 0. The van der Waals surface area contributed by atoms with Crippen molar-refractivity contribution in [3.8, 4) is 0 Å². The zero-order valence-electron chi connectivity index (χ0n) is 9.70. The zero-order valence-corrected chi connectivity index (χ0v) is 8.70. The lowest BCUT2D eigenvalue weighted by Crippen LogP contribution is -2.18. The van der Waals surface area contributed by atoms with Crippen molar-refractivity contribution < 1.29 is 1.37 Å². The van der Waals surface area contributed by atoms with Crippen LogP contribution in [0.1, 0.15) is 12.5 Å². The van der Waals surface area contributed by atoms with E-state index in [9.17, 15) is 0 Å². The summed E-state index contributed by atoms with van der Waals surface area (Å²) < 4.78 is 7.95. The Balaban J connectivity index is 2.22. The Morgan fingerprint density at radius 3 is 2.53 bits per heavy atom. The van der Waals surface area contributed by atoms with Gasteiger partial charge in [0.25, 0.3) is 0 Å². The molecule has 0 bridgehead atoms. The molecule has 0 amide bonds. The van der Waals surface area contributed by atoms with Gasteiger partial charge < -0.3 is 4.90 Å². The van der Waals surface area contributed by atoms with Gasteiger partial charge in [-0.05, 0) is 23.3 Å². The second-order valence-electron chi connectivity index (χ2n) is 3.90. The van der Waals surface area contributed by atoms with Gasteiger partial charge in [0.1, 0.15) is 0 Å². The SMILES string of the molecule is [2H]c1cccc2c1Cc1ccccc1N2C. The van der Waals surface area contributed by atoms with Crippen molar-refractivity contribution in [3.63, 3.8) is 0 Å². The summed E-state index contributed by atoms with van der Waals surface area (Å²) in [7, 11) is 2.07. The summed E-state index contributed by atoms with van der Waals surface area (Å²) >= 11 is 0. The fourth-order valence-electron chi connectivity index (χ4n) is 2.23. The Morgan fingerprint density at radius 1 is 1.00 bits per heavy atom. The third kappa shape index (κ3) is 1.23. The van der Waals surface area contributed by atoms with Crippen LogP contribution >= 0.6 is 0 Å².